The molecule has 0 aliphatic carbocycles. The summed E-state index contributed by atoms with van der Waals surface area (Å²) in [6.45, 7) is 3.36. The molecule has 6 heteroatoms. The molecule has 0 saturated heterocycles. The van der Waals surface area contributed by atoms with E-state index in [1.54, 1.807) is 13.8 Å². The number of non-ortho nitro benzene ring substituents is 1. The van der Waals surface area contributed by atoms with Gasteiger partial charge < -0.3 is 0 Å². The standard InChI is InChI=1S/C9H11ClN2O3/c1-9(2,15-11)7-5-6(12(13)14)3-4-8(7)10/h3-5H,11H2,1-2H3. The molecule has 82 valence electrons. The van der Waals surface area contributed by atoms with Gasteiger partial charge in [-0.05, 0) is 19.9 Å². The Morgan fingerprint density at radius 3 is 2.60 bits per heavy atom. The molecule has 0 fully saturated rings. The van der Waals surface area contributed by atoms with Crippen LogP contribution in [0.15, 0.2) is 18.2 Å². The summed E-state index contributed by atoms with van der Waals surface area (Å²) in [6, 6.07) is 4.14. The highest BCUT2D eigenvalue weighted by molar-refractivity contribution is 6.31. The zero-order chi connectivity index (χ0) is 11.6. The van der Waals surface area contributed by atoms with Crippen LogP contribution in [0.1, 0.15) is 19.4 Å². The Labute approximate surface area is 91.9 Å². The first-order valence-electron chi connectivity index (χ1n) is 4.21. The third kappa shape index (κ3) is 2.44. The largest absolute Gasteiger partial charge is 0.294 e. The molecule has 0 aliphatic rings. The van der Waals surface area contributed by atoms with Crippen LogP contribution in [-0.2, 0) is 10.4 Å². The third-order valence-corrected chi connectivity index (χ3v) is 2.43. The maximum Gasteiger partial charge on any atom is 0.269 e. The molecule has 1 aromatic rings. The first kappa shape index (κ1) is 11.9. The molecule has 0 unspecified atom stereocenters. The molecule has 0 saturated carbocycles. The van der Waals surface area contributed by atoms with Gasteiger partial charge in [0.05, 0.1) is 4.92 Å². The molecule has 5 nitrogen and oxygen atoms in total. The highest BCUT2D eigenvalue weighted by Gasteiger charge is 2.25. The van der Waals surface area contributed by atoms with Crippen molar-refractivity contribution in [1.82, 2.24) is 0 Å². The molecular weight excluding hydrogens is 220 g/mol. The SMILES string of the molecule is CC(C)(ON)c1cc([N+](=O)[O-])ccc1Cl. The number of rotatable bonds is 3. The maximum absolute atomic E-state index is 10.6. The highest BCUT2D eigenvalue weighted by atomic mass is 35.5. The Morgan fingerprint density at radius 2 is 2.13 bits per heavy atom. The van der Waals surface area contributed by atoms with Crippen molar-refractivity contribution >= 4 is 17.3 Å². The van der Waals surface area contributed by atoms with Crippen LogP contribution in [0.2, 0.25) is 5.02 Å². The second-order valence-electron chi connectivity index (χ2n) is 3.55. The minimum Gasteiger partial charge on any atom is -0.294 e. The Balaban J connectivity index is 3.28. The van der Waals surface area contributed by atoms with Gasteiger partial charge in [0.2, 0.25) is 0 Å². The number of nitro groups is 1. The molecule has 0 atom stereocenters. The topological polar surface area (TPSA) is 78.4 Å². The molecular formula is C9H11ClN2O3. The van der Waals surface area contributed by atoms with Crippen molar-refractivity contribution in [3.8, 4) is 0 Å². The van der Waals surface area contributed by atoms with Crippen LogP contribution in [-0.4, -0.2) is 4.92 Å². The summed E-state index contributed by atoms with van der Waals surface area (Å²) in [5.74, 6) is 5.10. The molecule has 0 bridgehead atoms. The van der Waals surface area contributed by atoms with Gasteiger partial charge in [0.15, 0.2) is 0 Å². The van der Waals surface area contributed by atoms with Crippen LogP contribution in [0, 0.1) is 10.1 Å². The van der Waals surface area contributed by atoms with E-state index in [1.807, 2.05) is 0 Å². The average molecular weight is 231 g/mol. The van der Waals surface area contributed by atoms with Gasteiger partial charge in [0, 0.05) is 22.7 Å². The van der Waals surface area contributed by atoms with Gasteiger partial charge in [-0.2, -0.15) is 0 Å². The lowest BCUT2D eigenvalue weighted by Gasteiger charge is -2.23. The van der Waals surface area contributed by atoms with E-state index in [0.717, 1.165) is 0 Å². The molecule has 1 rings (SSSR count). The number of nitro benzene ring substituents is 1. The fourth-order valence-electron chi connectivity index (χ4n) is 1.15. The quantitative estimate of drug-likeness (QED) is 0.639. The van der Waals surface area contributed by atoms with Crippen LogP contribution in [0.4, 0.5) is 5.69 Å². The van der Waals surface area contributed by atoms with Gasteiger partial charge >= 0.3 is 0 Å². The van der Waals surface area contributed by atoms with Crippen molar-refractivity contribution in [2.24, 2.45) is 5.90 Å². The monoisotopic (exact) mass is 230 g/mol. The fraction of sp³-hybridized carbons (Fsp3) is 0.333. The van der Waals surface area contributed by atoms with Gasteiger partial charge in [-0.3, -0.25) is 15.0 Å². The van der Waals surface area contributed by atoms with Crippen molar-refractivity contribution in [2.45, 2.75) is 19.4 Å². The van der Waals surface area contributed by atoms with E-state index < -0.39 is 10.5 Å². The van der Waals surface area contributed by atoms with Gasteiger partial charge in [-0.25, -0.2) is 5.90 Å². The summed E-state index contributed by atoms with van der Waals surface area (Å²) in [6.07, 6.45) is 0. The predicted molar refractivity (Wildman–Crippen MR) is 56.4 cm³/mol. The first-order chi connectivity index (χ1) is 6.88. The highest BCUT2D eigenvalue weighted by Crippen LogP contribution is 2.32. The molecule has 0 aromatic heterocycles. The molecule has 0 heterocycles. The summed E-state index contributed by atoms with van der Waals surface area (Å²) < 4.78 is 0. The Bertz CT molecular complexity index is 393. The lowest BCUT2D eigenvalue weighted by molar-refractivity contribution is -0.385. The number of hydrogen-bond acceptors (Lipinski definition) is 4. The van der Waals surface area contributed by atoms with E-state index in [4.69, 9.17) is 22.3 Å². The fourth-order valence-corrected chi connectivity index (χ4v) is 1.50. The van der Waals surface area contributed by atoms with Crippen molar-refractivity contribution in [3.63, 3.8) is 0 Å². The molecule has 2 N–H and O–H groups in total. The number of nitrogens with zero attached hydrogens (tertiary/aromatic N) is 1. The number of halogens is 1. The molecule has 15 heavy (non-hydrogen) atoms. The van der Waals surface area contributed by atoms with Gasteiger partial charge in [0.1, 0.15) is 5.60 Å². The second kappa shape index (κ2) is 4.14. The minimum absolute atomic E-state index is 0.0421. The van der Waals surface area contributed by atoms with Crippen molar-refractivity contribution in [1.29, 1.82) is 0 Å². The van der Waals surface area contributed by atoms with Gasteiger partial charge in [-0.1, -0.05) is 11.6 Å². The second-order valence-corrected chi connectivity index (χ2v) is 3.96. The van der Waals surface area contributed by atoms with E-state index >= 15 is 0 Å². The number of nitrogens with two attached hydrogens (primary N) is 1. The summed E-state index contributed by atoms with van der Waals surface area (Å²) in [5.41, 5.74) is -0.413. The Kier molecular flexibility index (Phi) is 3.28. The molecule has 0 amide bonds. The molecule has 1 aromatic carbocycles. The molecule has 0 radical (unpaired) electrons. The van der Waals surface area contributed by atoms with E-state index in [1.165, 1.54) is 18.2 Å². The molecule has 0 spiro atoms. The number of benzene rings is 1. The lowest BCUT2D eigenvalue weighted by Crippen LogP contribution is -2.25. The van der Waals surface area contributed by atoms with Crippen LogP contribution in [0.3, 0.4) is 0 Å². The minimum atomic E-state index is -0.858. The van der Waals surface area contributed by atoms with E-state index in [9.17, 15) is 10.1 Å². The van der Waals surface area contributed by atoms with Crippen LogP contribution < -0.4 is 5.90 Å². The molecule has 0 aliphatic heterocycles. The average Bonchev–Trinajstić information content (AvgIpc) is 2.17. The summed E-state index contributed by atoms with van der Waals surface area (Å²) in [7, 11) is 0. The first-order valence-corrected chi connectivity index (χ1v) is 4.58. The van der Waals surface area contributed by atoms with E-state index in [0.29, 0.717) is 10.6 Å². The Hall–Kier alpha value is -1.17. The third-order valence-electron chi connectivity index (χ3n) is 2.10. The van der Waals surface area contributed by atoms with Crippen molar-refractivity contribution in [3.05, 3.63) is 38.9 Å². The smallest absolute Gasteiger partial charge is 0.269 e. The van der Waals surface area contributed by atoms with E-state index in [-0.39, 0.29) is 5.69 Å². The number of hydrogen-bond donors (Lipinski definition) is 1. The summed E-state index contributed by atoms with van der Waals surface area (Å²) >= 11 is 5.91. The van der Waals surface area contributed by atoms with Crippen molar-refractivity contribution in [2.75, 3.05) is 0 Å². The summed E-state index contributed by atoms with van der Waals surface area (Å²) in [5, 5.41) is 11.0. The Morgan fingerprint density at radius 1 is 1.53 bits per heavy atom. The van der Waals surface area contributed by atoms with Crippen LogP contribution >= 0.6 is 11.6 Å². The predicted octanol–water partition coefficient (Wildman–Crippen LogP) is 2.37. The van der Waals surface area contributed by atoms with Gasteiger partial charge in [-0.15, -0.1) is 0 Å². The zero-order valence-corrected chi connectivity index (χ0v) is 9.12. The normalized spacial score (nSPS) is 11.5. The maximum atomic E-state index is 10.6. The van der Waals surface area contributed by atoms with Gasteiger partial charge in [0.25, 0.3) is 5.69 Å². The van der Waals surface area contributed by atoms with Crippen LogP contribution in [0.5, 0.6) is 0 Å². The van der Waals surface area contributed by atoms with Crippen LogP contribution in [0.25, 0.3) is 0 Å². The van der Waals surface area contributed by atoms with Crippen molar-refractivity contribution < 1.29 is 9.76 Å². The lowest BCUT2D eigenvalue weighted by atomic mass is 9.98. The summed E-state index contributed by atoms with van der Waals surface area (Å²) in [4.78, 5) is 14.8. The van der Waals surface area contributed by atoms with E-state index in [2.05, 4.69) is 0 Å². The zero-order valence-electron chi connectivity index (χ0n) is 8.36.